The van der Waals surface area contributed by atoms with Gasteiger partial charge in [0.1, 0.15) is 22.5 Å². The first-order valence-electron chi connectivity index (χ1n) is 7.46. The predicted octanol–water partition coefficient (Wildman–Crippen LogP) is 2.38. The Labute approximate surface area is 143 Å². The van der Waals surface area contributed by atoms with Crippen LogP contribution in [0, 0.1) is 5.92 Å². The first-order valence-corrected chi connectivity index (χ1v) is 8.25. The molecule has 0 spiro atoms. The number of imidazole rings is 1. The fourth-order valence-electron chi connectivity index (χ4n) is 2.51. The number of amides is 2. The van der Waals surface area contributed by atoms with Gasteiger partial charge in [-0.15, -0.1) is 0 Å². The third-order valence-corrected chi connectivity index (χ3v) is 4.11. The van der Waals surface area contributed by atoms with Crippen LogP contribution in [0.25, 0.3) is 0 Å². The summed E-state index contributed by atoms with van der Waals surface area (Å²) in [6, 6.07) is -0.918. The minimum absolute atomic E-state index is 0.0588. The van der Waals surface area contributed by atoms with E-state index in [9.17, 15) is 9.59 Å². The van der Waals surface area contributed by atoms with Crippen LogP contribution in [0.1, 0.15) is 32.1 Å². The number of aromatic amines is 1. The van der Waals surface area contributed by atoms with Gasteiger partial charge in [-0.2, -0.15) is 0 Å². The van der Waals surface area contributed by atoms with Crippen LogP contribution in [0.5, 0.6) is 0 Å². The lowest BCUT2D eigenvalue weighted by Crippen LogP contribution is -2.52. The number of nitrogens with zero attached hydrogens (tertiary/aromatic N) is 2. The van der Waals surface area contributed by atoms with Gasteiger partial charge in [0.2, 0.25) is 5.91 Å². The Bertz CT molecular complexity index is 599. The first kappa shape index (κ1) is 17.5. The summed E-state index contributed by atoms with van der Waals surface area (Å²) >= 11 is 3.33. The topological polar surface area (TPSA) is 87.3 Å². The molecule has 2 heterocycles. The maximum atomic E-state index is 13.0. The largest absolute Gasteiger partial charge is 0.453 e. The van der Waals surface area contributed by atoms with Crippen LogP contribution in [-0.2, 0) is 9.53 Å². The molecule has 2 amide bonds. The molecular formula is C15H21BrN4O3. The van der Waals surface area contributed by atoms with Crippen LogP contribution >= 0.6 is 15.9 Å². The number of carbonyl (C=O) groups is 2. The number of aromatic nitrogens is 2. The van der Waals surface area contributed by atoms with E-state index >= 15 is 0 Å². The van der Waals surface area contributed by atoms with E-state index in [-0.39, 0.29) is 17.9 Å². The van der Waals surface area contributed by atoms with Gasteiger partial charge in [-0.1, -0.05) is 26.0 Å². The van der Waals surface area contributed by atoms with Crippen LogP contribution in [0.15, 0.2) is 23.0 Å². The highest BCUT2D eigenvalue weighted by molar-refractivity contribution is 9.10. The highest BCUT2D eigenvalue weighted by Crippen LogP contribution is 2.26. The molecule has 0 aliphatic carbocycles. The number of ether oxygens (including phenoxy) is 1. The molecule has 0 bridgehead atoms. The Morgan fingerprint density at radius 1 is 1.52 bits per heavy atom. The summed E-state index contributed by atoms with van der Waals surface area (Å²) in [6.07, 6.45) is 5.80. The van der Waals surface area contributed by atoms with Crippen molar-refractivity contribution in [3.8, 4) is 0 Å². The molecule has 1 aliphatic heterocycles. The zero-order valence-corrected chi connectivity index (χ0v) is 15.0. The summed E-state index contributed by atoms with van der Waals surface area (Å²) in [5.41, 5.74) is 0. The predicted molar refractivity (Wildman–Crippen MR) is 88.7 cm³/mol. The number of H-pyrrole nitrogens is 1. The van der Waals surface area contributed by atoms with Gasteiger partial charge in [0.15, 0.2) is 0 Å². The van der Waals surface area contributed by atoms with Crippen molar-refractivity contribution >= 4 is 27.9 Å². The number of methoxy groups -OCH3 is 1. The Kier molecular flexibility index (Phi) is 5.81. The molecule has 8 heteroatoms. The number of carbonyl (C=O) groups excluding carboxylic acids is 2. The van der Waals surface area contributed by atoms with E-state index in [1.54, 1.807) is 11.1 Å². The second-order valence-corrected chi connectivity index (χ2v) is 6.52. The van der Waals surface area contributed by atoms with E-state index in [4.69, 9.17) is 0 Å². The smallest absolute Gasteiger partial charge is 0.407 e. The van der Waals surface area contributed by atoms with Gasteiger partial charge in [0.25, 0.3) is 0 Å². The number of rotatable bonds is 4. The Morgan fingerprint density at radius 2 is 2.26 bits per heavy atom. The van der Waals surface area contributed by atoms with Crippen molar-refractivity contribution in [1.82, 2.24) is 20.2 Å². The third-order valence-electron chi connectivity index (χ3n) is 3.71. The molecule has 1 aromatic rings. The number of alkyl carbamates (subject to hydrolysis) is 1. The molecule has 1 aromatic heterocycles. The van der Waals surface area contributed by atoms with E-state index < -0.39 is 12.1 Å². The number of nitrogens with one attached hydrogen (secondary N) is 2. The number of hydrogen-bond acceptors (Lipinski definition) is 4. The number of hydrogen-bond donors (Lipinski definition) is 2. The fraction of sp³-hybridized carbons (Fsp3) is 0.533. The van der Waals surface area contributed by atoms with E-state index in [1.807, 2.05) is 26.0 Å². The molecule has 2 N–H and O–H groups in total. The molecular weight excluding hydrogens is 364 g/mol. The third kappa shape index (κ3) is 4.13. The van der Waals surface area contributed by atoms with Crippen LogP contribution in [0.2, 0.25) is 0 Å². The SMILES string of the molecule is COC(=O)N[C@H](C(=O)N1CCC=C[C@H]1c1ncc(Br)[nH]1)C(C)C. The van der Waals surface area contributed by atoms with Crippen LogP contribution in [0.3, 0.4) is 0 Å². The zero-order chi connectivity index (χ0) is 17.0. The second-order valence-electron chi connectivity index (χ2n) is 5.67. The van der Waals surface area contributed by atoms with Gasteiger partial charge in [0, 0.05) is 6.54 Å². The molecule has 0 radical (unpaired) electrons. The van der Waals surface area contributed by atoms with Crippen molar-refractivity contribution < 1.29 is 14.3 Å². The first-order chi connectivity index (χ1) is 10.9. The van der Waals surface area contributed by atoms with Crippen molar-refractivity contribution in [2.24, 2.45) is 5.92 Å². The Balaban J connectivity index is 2.23. The van der Waals surface area contributed by atoms with Gasteiger partial charge < -0.3 is 19.9 Å². The van der Waals surface area contributed by atoms with E-state index in [1.165, 1.54) is 7.11 Å². The molecule has 0 fully saturated rings. The van der Waals surface area contributed by atoms with E-state index in [0.29, 0.717) is 12.4 Å². The van der Waals surface area contributed by atoms with Crippen LogP contribution < -0.4 is 5.32 Å². The summed E-state index contributed by atoms with van der Waals surface area (Å²) in [7, 11) is 1.28. The maximum absolute atomic E-state index is 13.0. The van der Waals surface area contributed by atoms with Gasteiger partial charge >= 0.3 is 6.09 Å². The second kappa shape index (κ2) is 7.63. The van der Waals surface area contributed by atoms with Crippen LogP contribution in [-0.4, -0.2) is 46.6 Å². The molecule has 1 aliphatic rings. The molecule has 0 saturated carbocycles. The van der Waals surface area contributed by atoms with Crippen molar-refractivity contribution in [2.45, 2.75) is 32.4 Å². The summed E-state index contributed by atoms with van der Waals surface area (Å²) in [5.74, 6) is 0.477. The summed E-state index contributed by atoms with van der Waals surface area (Å²) in [5, 5.41) is 2.62. The summed E-state index contributed by atoms with van der Waals surface area (Å²) < 4.78 is 5.38. The zero-order valence-electron chi connectivity index (χ0n) is 13.4. The number of halogens is 1. The molecule has 0 unspecified atom stereocenters. The molecule has 7 nitrogen and oxygen atoms in total. The summed E-state index contributed by atoms with van der Waals surface area (Å²) in [4.78, 5) is 33.6. The fourth-order valence-corrected chi connectivity index (χ4v) is 2.81. The molecule has 0 saturated heterocycles. The lowest BCUT2D eigenvalue weighted by Gasteiger charge is -2.35. The maximum Gasteiger partial charge on any atom is 0.407 e. The minimum atomic E-state index is -0.644. The lowest BCUT2D eigenvalue weighted by atomic mass is 10.00. The van der Waals surface area contributed by atoms with E-state index in [2.05, 4.69) is 36.0 Å². The monoisotopic (exact) mass is 384 g/mol. The van der Waals surface area contributed by atoms with Gasteiger partial charge in [-0.25, -0.2) is 9.78 Å². The quantitative estimate of drug-likeness (QED) is 0.780. The molecule has 2 atom stereocenters. The Morgan fingerprint density at radius 3 is 2.83 bits per heavy atom. The van der Waals surface area contributed by atoms with Gasteiger partial charge in [-0.3, -0.25) is 4.79 Å². The average Bonchev–Trinajstić information content (AvgIpc) is 2.97. The summed E-state index contributed by atoms with van der Waals surface area (Å²) in [6.45, 7) is 4.35. The normalized spacial score (nSPS) is 18.8. The minimum Gasteiger partial charge on any atom is -0.453 e. The van der Waals surface area contributed by atoms with E-state index in [0.717, 1.165) is 11.0 Å². The molecule has 0 aromatic carbocycles. The van der Waals surface area contributed by atoms with Gasteiger partial charge in [0.05, 0.1) is 13.3 Å². The highest BCUT2D eigenvalue weighted by Gasteiger charge is 2.34. The molecule has 23 heavy (non-hydrogen) atoms. The highest BCUT2D eigenvalue weighted by atomic mass is 79.9. The standard InChI is InChI=1S/C15H21BrN4O3/c1-9(2)12(19-15(22)23-3)14(21)20-7-5-4-6-10(20)13-17-8-11(16)18-13/h4,6,8-10,12H,5,7H2,1-3H3,(H,17,18)(H,19,22)/t10-,12-/m0/s1. The molecule has 126 valence electrons. The van der Waals surface area contributed by atoms with Crippen molar-refractivity contribution in [3.05, 3.63) is 28.8 Å². The van der Waals surface area contributed by atoms with Crippen molar-refractivity contribution in [1.29, 1.82) is 0 Å². The van der Waals surface area contributed by atoms with Gasteiger partial charge in [-0.05, 0) is 28.3 Å². The van der Waals surface area contributed by atoms with Crippen molar-refractivity contribution in [3.63, 3.8) is 0 Å². The van der Waals surface area contributed by atoms with Crippen LogP contribution in [0.4, 0.5) is 4.79 Å². The average molecular weight is 385 g/mol. The Hall–Kier alpha value is -1.83. The lowest BCUT2D eigenvalue weighted by molar-refractivity contribution is -0.136. The molecule has 2 rings (SSSR count). The van der Waals surface area contributed by atoms with Crippen molar-refractivity contribution in [2.75, 3.05) is 13.7 Å².